The van der Waals surface area contributed by atoms with Crippen LogP contribution in [-0.4, -0.2) is 107 Å². The molecule has 0 aromatic carbocycles. The molecule has 0 bridgehead atoms. The zero-order valence-corrected chi connectivity index (χ0v) is 29.7. The number of nitrogens with zero attached hydrogens (tertiary/aromatic N) is 3. The molecule has 10 heteroatoms. The lowest BCUT2D eigenvalue weighted by molar-refractivity contribution is -0.142. The summed E-state index contributed by atoms with van der Waals surface area (Å²) in [6, 6.07) is -1.61. The van der Waals surface area contributed by atoms with Crippen molar-refractivity contribution in [3.8, 4) is 0 Å². The van der Waals surface area contributed by atoms with Crippen molar-refractivity contribution < 1.29 is 24.3 Å². The number of rotatable bonds is 15. The molecule has 45 heavy (non-hydrogen) atoms. The minimum absolute atomic E-state index is 0.0105. The lowest BCUT2D eigenvalue weighted by Crippen LogP contribution is -2.60. The standard InChI is InChI=1S/C35H63N5O5/c1-24(2)29(23-26(5)33(44)40-21-16-18-27(40)31(42)36-19-13-10-11-15-22-41)38(9)34(45)30(35(6,7)8)37-32(43)28-17-12-14-20-39(28)25(3)4/h23-25,27-30,41H,10-22H2,1-9H3,(H,36,42)(H,37,43)/t27-,28+,29?,30+/m0/s1. The molecule has 258 valence electrons. The van der Waals surface area contributed by atoms with Gasteiger partial charge in [-0.3, -0.25) is 24.1 Å². The van der Waals surface area contributed by atoms with Crippen molar-refractivity contribution in [3.63, 3.8) is 0 Å². The van der Waals surface area contributed by atoms with Gasteiger partial charge in [0.05, 0.1) is 12.1 Å². The molecule has 4 atom stereocenters. The smallest absolute Gasteiger partial charge is 0.249 e. The SMILES string of the molecule is CC(=CC(C(C)C)N(C)C(=O)[C@@H](NC(=O)[C@H]1CCCCN1C(C)C)C(C)(C)C)C(=O)N1CCC[C@H]1C(=O)NCCCCCCO. The number of hydrogen-bond acceptors (Lipinski definition) is 6. The zero-order chi connectivity index (χ0) is 33.9. The molecule has 0 aromatic rings. The second-order valence-electron chi connectivity index (χ2n) is 14.8. The maximum absolute atomic E-state index is 14.1. The van der Waals surface area contributed by atoms with Crippen LogP contribution in [0.4, 0.5) is 0 Å². The first-order valence-electron chi connectivity index (χ1n) is 17.3. The van der Waals surface area contributed by atoms with Crippen molar-refractivity contribution >= 4 is 23.6 Å². The van der Waals surface area contributed by atoms with Crippen molar-refractivity contribution in [2.75, 3.05) is 33.3 Å². The van der Waals surface area contributed by atoms with Gasteiger partial charge >= 0.3 is 0 Å². The summed E-state index contributed by atoms with van der Waals surface area (Å²) in [7, 11) is 1.75. The molecule has 2 saturated heterocycles. The molecule has 10 nitrogen and oxygen atoms in total. The van der Waals surface area contributed by atoms with Crippen molar-refractivity contribution in [3.05, 3.63) is 11.6 Å². The quantitative estimate of drug-likeness (QED) is 0.186. The van der Waals surface area contributed by atoms with E-state index in [0.717, 1.165) is 57.9 Å². The molecule has 1 unspecified atom stereocenters. The molecule has 2 heterocycles. The van der Waals surface area contributed by atoms with Crippen LogP contribution in [0, 0.1) is 11.3 Å². The molecule has 2 fully saturated rings. The predicted molar refractivity (Wildman–Crippen MR) is 179 cm³/mol. The molecule has 0 spiro atoms. The summed E-state index contributed by atoms with van der Waals surface area (Å²) >= 11 is 0. The van der Waals surface area contributed by atoms with Gasteiger partial charge in [-0.2, -0.15) is 0 Å². The number of aliphatic hydroxyl groups excluding tert-OH is 1. The molecular weight excluding hydrogens is 570 g/mol. The zero-order valence-electron chi connectivity index (χ0n) is 29.7. The van der Waals surface area contributed by atoms with E-state index in [4.69, 9.17) is 5.11 Å². The first kappa shape index (κ1) is 38.7. The Morgan fingerprint density at radius 3 is 2.16 bits per heavy atom. The van der Waals surface area contributed by atoms with Gasteiger partial charge in [-0.05, 0) is 77.2 Å². The van der Waals surface area contributed by atoms with E-state index in [-0.39, 0.29) is 54.3 Å². The van der Waals surface area contributed by atoms with Gasteiger partial charge in [-0.1, -0.05) is 60.0 Å². The van der Waals surface area contributed by atoms with Crippen molar-refractivity contribution in [1.82, 2.24) is 25.3 Å². The number of carbonyl (C=O) groups excluding carboxylic acids is 4. The summed E-state index contributed by atoms with van der Waals surface area (Å²) in [6.45, 7) is 18.0. The largest absolute Gasteiger partial charge is 0.396 e. The fourth-order valence-electron chi connectivity index (χ4n) is 6.60. The Balaban J connectivity index is 2.16. The summed E-state index contributed by atoms with van der Waals surface area (Å²) < 4.78 is 0. The monoisotopic (exact) mass is 633 g/mol. The number of hydrogen-bond donors (Lipinski definition) is 3. The maximum atomic E-state index is 14.1. The molecule has 2 aliphatic heterocycles. The number of likely N-dealkylation sites (tertiary alicyclic amines) is 2. The third-order valence-corrected chi connectivity index (χ3v) is 9.35. The van der Waals surface area contributed by atoms with Crippen LogP contribution in [0.2, 0.25) is 0 Å². The molecule has 3 N–H and O–H groups in total. The fraction of sp³-hybridized carbons (Fsp3) is 0.829. The number of nitrogens with one attached hydrogen (secondary N) is 2. The average molecular weight is 634 g/mol. The van der Waals surface area contributed by atoms with Crippen LogP contribution in [0.1, 0.15) is 113 Å². The van der Waals surface area contributed by atoms with Crippen LogP contribution < -0.4 is 10.6 Å². The molecule has 0 radical (unpaired) electrons. The Morgan fingerprint density at radius 1 is 0.911 bits per heavy atom. The van der Waals surface area contributed by atoms with Crippen LogP contribution in [0.25, 0.3) is 0 Å². The number of unbranched alkanes of at least 4 members (excludes halogenated alkanes) is 3. The third kappa shape index (κ3) is 11.1. The van der Waals surface area contributed by atoms with E-state index in [9.17, 15) is 19.2 Å². The predicted octanol–water partition coefficient (Wildman–Crippen LogP) is 3.87. The van der Waals surface area contributed by atoms with Crippen LogP contribution in [0.3, 0.4) is 0 Å². The minimum atomic E-state index is -0.730. The van der Waals surface area contributed by atoms with Gasteiger partial charge < -0.3 is 25.5 Å². The van der Waals surface area contributed by atoms with E-state index in [0.29, 0.717) is 25.1 Å². The molecule has 2 rings (SSSR count). The first-order chi connectivity index (χ1) is 21.1. The summed E-state index contributed by atoms with van der Waals surface area (Å²) in [6.07, 6.45) is 9.57. The summed E-state index contributed by atoms with van der Waals surface area (Å²) in [5.41, 5.74) is -0.0215. The second kappa shape index (κ2) is 18.0. The Labute approximate surface area is 272 Å². The fourth-order valence-corrected chi connectivity index (χ4v) is 6.60. The van der Waals surface area contributed by atoms with E-state index >= 15 is 0 Å². The highest BCUT2D eigenvalue weighted by molar-refractivity contribution is 5.97. The lowest BCUT2D eigenvalue weighted by Gasteiger charge is -2.41. The van der Waals surface area contributed by atoms with E-state index in [1.807, 2.05) is 40.7 Å². The molecule has 0 saturated carbocycles. The van der Waals surface area contributed by atoms with Gasteiger partial charge in [0.1, 0.15) is 12.1 Å². The first-order valence-corrected chi connectivity index (χ1v) is 17.3. The highest BCUT2D eigenvalue weighted by atomic mass is 16.3. The lowest BCUT2D eigenvalue weighted by atomic mass is 9.84. The van der Waals surface area contributed by atoms with Crippen LogP contribution in [-0.2, 0) is 19.2 Å². The number of aliphatic hydroxyl groups is 1. The topological polar surface area (TPSA) is 122 Å². The van der Waals surface area contributed by atoms with Gasteiger partial charge in [0.15, 0.2) is 0 Å². The van der Waals surface area contributed by atoms with E-state index in [1.54, 1.807) is 23.8 Å². The van der Waals surface area contributed by atoms with Gasteiger partial charge in [0.2, 0.25) is 23.6 Å². The number of piperidine rings is 1. The third-order valence-electron chi connectivity index (χ3n) is 9.35. The van der Waals surface area contributed by atoms with Gasteiger partial charge in [-0.15, -0.1) is 0 Å². The summed E-state index contributed by atoms with van der Waals surface area (Å²) in [5, 5.41) is 15.1. The molecule has 0 aliphatic carbocycles. The van der Waals surface area contributed by atoms with Crippen molar-refractivity contribution in [2.45, 2.75) is 143 Å². The average Bonchev–Trinajstić information content (AvgIpc) is 3.48. The molecule has 0 aromatic heterocycles. The number of carbonyl (C=O) groups is 4. The summed E-state index contributed by atoms with van der Waals surface area (Å²) in [5.74, 6) is -0.585. The van der Waals surface area contributed by atoms with Crippen molar-refractivity contribution in [1.29, 1.82) is 0 Å². The van der Waals surface area contributed by atoms with E-state index in [2.05, 4.69) is 29.4 Å². The van der Waals surface area contributed by atoms with Crippen LogP contribution in [0.15, 0.2) is 11.6 Å². The molecule has 2 aliphatic rings. The summed E-state index contributed by atoms with van der Waals surface area (Å²) in [4.78, 5) is 59.9. The van der Waals surface area contributed by atoms with Crippen LogP contribution >= 0.6 is 0 Å². The van der Waals surface area contributed by atoms with Crippen LogP contribution in [0.5, 0.6) is 0 Å². The Hall–Kier alpha value is -2.46. The highest BCUT2D eigenvalue weighted by Gasteiger charge is 2.40. The number of likely N-dealkylation sites (N-methyl/N-ethyl adjacent to an activating group) is 1. The maximum Gasteiger partial charge on any atom is 0.249 e. The number of amides is 4. The Morgan fingerprint density at radius 2 is 1.56 bits per heavy atom. The van der Waals surface area contributed by atoms with E-state index in [1.165, 1.54) is 0 Å². The van der Waals surface area contributed by atoms with Gasteiger partial charge in [-0.25, -0.2) is 0 Å². The van der Waals surface area contributed by atoms with E-state index < -0.39 is 17.5 Å². The minimum Gasteiger partial charge on any atom is -0.396 e. The second-order valence-corrected chi connectivity index (χ2v) is 14.8. The Kier molecular flexibility index (Phi) is 15.5. The molecular formula is C35H63N5O5. The normalized spacial score (nSPS) is 21.2. The Bertz CT molecular complexity index is 1020. The molecule has 4 amide bonds. The van der Waals surface area contributed by atoms with Gasteiger partial charge in [0.25, 0.3) is 0 Å². The highest BCUT2D eigenvalue weighted by Crippen LogP contribution is 2.27. The van der Waals surface area contributed by atoms with Gasteiger partial charge in [0, 0.05) is 38.4 Å². The van der Waals surface area contributed by atoms with Crippen molar-refractivity contribution in [2.24, 2.45) is 11.3 Å².